The largest absolute Gasteiger partial charge is 0.479 e. The number of carbonyl (C=O) groups excluding carboxylic acids is 2. The van der Waals surface area contributed by atoms with Crippen LogP contribution in [0.2, 0.25) is 0 Å². The molecule has 1 aliphatic rings. The third kappa shape index (κ3) is 6.63. The summed E-state index contributed by atoms with van der Waals surface area (Å²) < 4.78 is 18.0. The van der Waals surface area contributed by atoms with E-state index >= 15 is 0 Å². The van der Waals surface area contributed by atoms with Gasteiger partial charge in [-0.15, -0.1) is 11.3 Å². The quantitative estimate of drug-likeness (QED) is 0.375. The number of rotatable bonds is 9. The van der Waals surface area contributed by atoms with E-state index in [9.17, 15) is 18.8 Å². The lowest BCUT2D eigenvalue weighted by molar-refractivity contribution is -0.138. The van der Waals surface area contributed by atoms with Crippen molar-refractivity contribution >= 4 is 61.1 Å². The Bertz CT molecular complexity index is 1110. The highest BCUT2D eigenvalue weighted by molar-refractivity contribution is 7.59. The molecule has 1 fully saturated rings. The van der Waals surface area contributed by atoms with Gasteiger partial charge in [0, 0.05) is 35.7 Å². The van der Waals surface area contributed by atoms with Crippen LogP contribution in [0.15, 0.2) is 42.2 Å². The van der Waals surface area contributed by atoms with Gasteiger partial charge in [-0.2, -0.15) is 27.0 Å². The van der Waals surface area contributed by atoms with Crippen molar-refractivity contribution in [3.63, 3.8) is 0 Å². The Morgan fingerprint density at radius 3 is 2.55 bits per heavy atom. The molecule has 0 spiro atoms. The number of hydrogen-bond donors (Lipinski definition) is 3. The van der Waals surface area contributed by atoms with Gasteiger partial charge in [-0.3, -0.25) is 9.59 Å². The maximum absolute atomic E-state index is 13.1. The number of benzene rings is 1. The number of amides is 1. The second kappa shape index (κ2) is 11.4. The Hall–Kier alpha value is -2.74. The van der Waals surface area contributed by atoms with Crippen molar-refractivity contribution in [2.75, 3.05) is 5.32 Å². The first-order valence-electron chi connectivity index (χ1n) is 9.31. The molecule has 1 saturated heterocycles. The molecular formula is C20H21FN4O5S3. The van der Waals surface area contributed by atoms with Crippen LogP contribution in [-0.2, 0) is 25.5 Å². The average Bonchev–Trinajstić information content (AvgIpc) is 3.15. The molecule has 1 unspecified atom stereocenters. The third-order valence-corrected chi connectivity index (χ3v) is 5.52. The molecule has 1 amide bonds. The zero-order valence-corrected chi connectivity index (χ0v) is 19.8. The number of Topliss-reactive ketones (excluding diaryl/α,β-unsaturated/α-hetero) is 1. The van der Waals surface area contributed by atoms with Crippen molar-refractivity contribution in [1.82, 2.24) is 15.0 Å². The molecule has 3 N–H and O–H groups in total. The number of aromatic nitrogens is 3. The summed E-state index contributed by atoms with van der Waals surface area (Å²) in [6.45, 7) is 0. The predicted octanol–water partition coefficient (Wildman–Crippen LogP) is 2.51. The molecule has 176 valence electrons. The van der Waals surface area contributed by atoms with Gasteiger partial charge in [-0.1, -0.05) is 0 Å². The summed E-state index contributed by atoms with van der Waals surface area (Å²) in [5.41, 5.74) is 1.94. The fourth-order valence-electron chi connectivity index (χ4n) is 3.12. The summed E-state index contributed by atoms with van der Waals surface area (Å²) in [4.78, 5) is 47.4. The van der Waals surface area contributed by atoms with Crippen LogP contribution in [0.5, 0.6) is 0 Å². The van der Waals surface area contributed by atoms with Crippen LogP contribution in [-0.4, -0.2) is 49.9 Å². The Balaban J connectivity index is 0.00000193. The number of ketones is 1. The number of aromatic amines is 1. The molecule has 13 heteroatoms. The summed E-state index contributed by atoms with van der Waals surface area (Å²) in [5, 5.41) is 13.7. The molecular weight excluding hydrogens is 491 g/mol. The smallest absolute Gasteiger partial charge is 0.336 e. The van der Waals surface area contributed by atoms with Gasteiger partial charge in [0.2, 0.25) is 5.91 Å². The third-order valence-electron chi connectivity index (χ3n) is 4.77. The predicted molar refractivity (Wildman–Crippen MR) is 129 cm³/mol. The molecule has 0 bridgehead atoms. The normalized spacial score (nSPS) is 17.2. The monoisotopic (exact) mass is 512 g/mol. The number of carboxylic acid groups (broad SMARTS) is 1. The molecule has 1 aliphatic heterocycles. The number of carboxylic acids is 1. The van der Waals surface area contributed by atoms with Gasteiger partial charge in [0.25, 0.3) is 0 Å². The number of epoxide rings is 1. The highest BCUT2D eigenvalue weighted by Crippen LogP contribution is 2.28. The van der Waals surface area contributed by atoms with Crippen LogP contribution in [0, 0.1) is 11.7 Å². The Morgan fingerprint density at radius 1 is 1.21 bits per heavy atom. The molecule has 9 nitrogen and oxygen atoms in total. The van der Waals surface area contributed by atoms with Crippen LogP contribution < -0.4 is 5.32 Å². The second-order valence-electron chi connectivity index (χ2n) is 7.00. The number of anilines is 1. The molecule has 0 radical (unpaired) electrons. The zero-order chi connectivity index (χ0) is 22.0. The summed E-state index contributed by atoms with van der Waals surface area (Å²) in [5.74, 6) is -3.22. The lowest BCUT2D eigenvalue weighted by Gasteiger charge is -2.14. The fraction of sp³-hybridized carbons (Fsp3) is 0.250. The second-order valence-corrected chi connectivity index (χ2v) is 7.86. The van der Waals surface area contributed by atoms with E-state index in [1.165, 1.54) is 29.8 Å². The number of imidazole rings is 1. The minimum Gasteiger partial charge on any atom is -0.479 e. The number of H-pyrrole nitrogens is 1. The number of aliphatic carboxylic acids is 1. The van der Waals surface area contributed by atoms with E-state index in [1.807, 2.05) is 0 Å². The van der Waals surface area contributed by atoms with Crippen LogP contribution in [0.3, 0.4) is 0 Å². The molecule has 0 saturated carbocycles. The molecule has 33 heavy (non-hydrogen) atoms. The number of halogens is 1. The number of carbonyl (C=O) groups is 3. The Morgan fingerprint density at radius 2 is 1.94 bits per heavy atom. The van der Waals surface area contributed by atoms with Crippen LogP contribution in [0.25, 0.3) is 11.3 Å². The first-order valence-corrected chi connectivity index (χ1v) is 10.2. The van der Waals surface area contributed by atoms with Crippen molar-refractivity contribution in [3.8, 4) is 11.3 Å². The number of ether oxygens (including phenoxy) is 1. The lowest BCUT2D eigenvalue weighted by atomic mass is 9.94. The van der Waals surface area contributed by atoms with Gasteiger partial charge >= 0.3 is 5.97 Å². The van der Waals surface area contributed by atoms with Crippen molar-refractivity contribution < 1.29 is 28.6 Å². The van der Waals surface area contributed by atoms with E-state index in [-0.39, 0.29) is 45.7 Å². The molecule has 4 rings (SSSR count). The minimum atomic E-state index is -1.20. The number of nitrogens with one attached hydrogen (secondary N) is 2. The Kier molecular flexibility index (Phi) is 9.16. The van der Waals surface area contributed by atoms with E-state index in [0.717, 1.165) is 0 Å². The van der Waals surface area contributed by atoms with Gasteiger partial charge < -0.3 is 20.1 Å². The maximum Gasteiger partial charge on any atom is 0.336 e. The first-order chi connectivity index (χ1) is 14.9. The fourth-order valence-corrected chi connectivity index (χ4v) is 3.84. The van der Waals surface area contributed by atoms with Crippen molar-refractivity contribution in [3.05, 3.63) is 53.7 Å². The molecule has 2 aromatic heterocycles. The lowest BCUT2D eigenvalue weighted by Crippen LogP contribution is -2.29. The van der Waals surface area contributed by atoms with Gasteiger partial charge in [-0.05, 0) is 24.3 Å². The SMILES string of the molecule is O=C(Nc1nc(-c2ccc(F)cc2)cs1)C(CC(=O)[C@H]1O[C@@H]1C(=O)O)Cc1cnc[nH]1.S.S. The number of hydrogen-bond acceptors (Lipinski definition) is 7. The van der Waals surface area contributed by atoms with Gasteiger partial charge in [0.15, 0.2) is 23.1 Å². The van der Waals surface area contributed by atoms with E-state index in [4.69, 9.17) is 9.84 Å². The van der Waals surface area contributed by atoms with E-state index in [2.05, 4.69) is 20.3 Å². The van der Waals surface area contributed by atoms with Crippen molar-refractivity contribution in [1.29, 1.82) is 0 Å². The zero-order valence-electron chi connectivity index (χ0n) is 16.9. The average molecular weight is 513 g/mol. The standard InChI is InChI=1S/C20H17FN4O5S.2H2S/c21-12-3-1-10(2-4-12)14-8-31-20(24-14)25-18(27)11(5-13-7-22-9-23-13)6-15(26)16-17(30-16)19(28)29;;/h1-4,7-9,11,16-17H,5-6H2,(H,22,23)(H,28,29)(H,24,25,27);2*1H2/t11?,16-,17+;;/m1../s1. The van der Waals surface area contributed by atoms with Gasteiger partial charge in [-0.25, -0.2) is 19.2 Å². The van der Waals surface area contributed by atoms with Crippen LogP contribution in [0.4, 0.5) is 9.52 Å². The first kappa shape index (κ1) is 26.5. The van der Waals surface area contributed by atoms with E-state index in [0.29, 0.717) is 22.1 Å². The molecule has 1 aromatic carbocycles. The Labute approximate surface area is 205 Å². The minimum absolute atomic E-state index is 0. The summed E-state index contributed by atoms with van der Waals surface area (Å²) >= 11 is 1.20. The summed E-state index contributed by atoms with van der Waals surface area (Å²) in [6, 6.07) is 5.82. The van der Waals surface area contributed by atoms with Gasteiger partial charge in [0.1, 0.15) is 5.82 Å². The van der Waals surface area contributed by atoms with Gasteiger partial charge in [0.05, 0.1) is 17.9 Å². The summed E-state index contributed by atoms with van der Waals surface area (Å²) in [6.07, 6.45) is 0.856. The maximum atomic E-state index is 13.1. The summed E-state index contributed by atoms with van der Waals surface area (Å²) in [7, 11) is 0. The molecule has 0 aliphatic carbocycles. The molecule has 3 heterocycles. The van der Waals surface area contributed by atoms with Crippen molar-refractivity contribution in [2.45, 2.75) is 25.0 Å². The topological polar surface area (TPSA) is 138 Å². The number of thiazole rings is 1. The van der Waals surface area contributed by atoms with Crippen molar-refractivity contribution in [2.24, 2.45) is 5.92 Å². The van der Waals surface area contributed by atoms with Crippen LogP contribution in [0.1, 0.15) is 12.1 Å². The highest BCUT2D eigenvalue weighted by Gasteiger charge is 2.50. The van der Waals surface area contributed by atoms with E-state index in [1.54, 1.807) is 23.7 Å². The molecule has 3 aromatic rings. The highest BCUT2D eigenvalue weighted by atomic mass is 32.1. The van der Waals surface area contributed by atoms with Crippen LogP contribution >= 0.6 is 38.3 Å². The van der Waals surface area contributed by atoms with E-state index < -0.39 is 35.8 Å². The molecule has 3 atom stereocenters. The number of nitrogens with zero attached hydrogens (tertiary/aromatic N) is 2.